The van der Waals surface area contributed by atoms with E-state index in [1.54, 1.807) is 12.5 Å². The highest BCUT2D eigenvalue weighted by atomic mass is 16.2. The van der Waals surface area contributed by atoms with E-state index in [9.17, 15) is 4.79 Å². The molecule has 1 atom stereocenters. The number of aromatic nitrogens is 2. The molecule has 1 aromatic carbocycles. The van der Waals surface area contributed by atoms with Crippen molar-refractivity contribution in [1.82, 2.24) is 9.55 Å². The summed E-state index contributed by atoms with van der Waals surface area (Å²) < 4.78 is 1.98. The van der Waals surface area contributed by atoms with Crippen LogP contribution in [0.25, 0.3) is 0 Å². The number of nitrogens with one attached hydrogen (secondary N) is 1. The van der Waals surface area contributed by atoms with Crippen molar-refractivity contribution in [3.63, 3.8) is 0 Å². The van der Waals surface area contributed by atoms with Gasteiger partial charge < -0.3 is 15.6 Å². The number of anilines is 1. The minimum absolute atomic E-state index is 0.133. The molecule has 20 heavy (non-hydrogen) atoms. The molecule has 0 radical (unpaired) electrons. The minimum Gasteiger partial charge on any atom is -0.333 e. The van der Waals surface area contributed by atoms with Crippen LogP contribution in [0.4, 0.5) is 5.69 Å². The summed E-state index contributed by atoms with van der Waals surface area (Å²) in [7, 11) is 0. The third-order valence-corrected chi connectivity index (χ3v) is 3.06. The van der Waals surface area contributed by atoms with Gasteiger partial charge in [0.25, 0.3) is 0 Å². The summed E-state index contributed by atoms with van der Waals surface area (Å²) in [6.45, 7) is 2.74. The maximum atomic E-state index is 11.9. The van der Waals surface area contributed by atoms with Crippen LogP contribution in [-0.4, -0.2) is 21.5 Å². The summed E-state index contributed by atoms with van der Waals surface area (Å²) in [4.78, 5) is 15.9. The highest BCUT2D eigenvalue weighted by molar-refractivity contribution is 5.94. The molecule has 0 aliphatic heterocycles. The van der Waals surface area contributed by atoms with Crippen LogP contribution in [0.1, 0.15) is 25.3 Å². The van der Waals surface area contributed by atoms with E-state index in [0.29, 0.717) is 6.42 Å². The Kier molecular flexibility index (Phi) is 4.90. The molecule has 5 heteroatoms. The molecule has 0 spiro atoms. The lowest BCUT2D eigenvalue weighted by Crippen LogP contribution is -2.35. The summed E-state index contributed by atoms with van der Waals surface area (Å²) in [5.74, 6) is -0.133. The van der Waals surface area contributed by atoms with Crippen molar-refractivity contribution < 1.29 is 4.79 Å². The van der Waals surface area contributed by atoms with E-state index in [-0.39, 0.29) is 5.91 Å². The van der Waals surface area contributed by atoms with Crippen LogP contribution in [-0.2, 0) is 11.3 Å². The van der Waals surface area contributed by atoms with E-state index in [0.717, 1.165) is 24.2 Å². The molecule has 106 valence electrons. The van der Waals surface area contributed by atoms with Crippen LogP contribution < -0.4 is 11.1 Å². The van der Waals surface area contributed by atoms with Gasteiger partial charge in [0.15, 0.2) is 0 Å². The summed E-state index contributed by atoms with van der Waals surface area (Å²) >= 11 is 0. The zero-order chi connectivity index (χ0) is 14.4. The molecule has 1 heterocycles. The standard InChI is InChI=1S/C15H20N4O/c1-2-4-14(16)15(20)18-13-6-3-5-12(9-13)10-19-8-7-17-11-19/h3,5-9,11,14H,2,4,10,16H2,1H3,(H,18,20). The molecule has 0 saturated carbocycles. The molecule has 5 nitrogen and oxygen atoms in total. The topological polar surface area (TPSA) is 72.9 Å². The quantitative estimate of drug-likeness (QED) is 0.844. The van der Waals surface area contributed by atoms with Gasteiger partial charge in [0.05, 0.1) is 12.4 Å². The number of hydrogen-bond donors (Lipinski definition) is 2. The first-order valence-electron chi connectivity index (χ1n) is 6.80. The normalized spacial score (nSPS) is 12.1. The molecular formula is C15H20N4O. The van der Waals surface area contributed by atoms with Gasteiger partial charge in [-0.05, 0) is 24.1 Å². The van der Waals surface area contributed by atoms with Crippen molar-refractivity contribution in [3.05, 3.63) is 48.5 Å². The number of imidazole rings is 1. The number of nitrogens with two attached hydrogens (primary N) is 1. The first kappa shape index (κ1) is 14.3. The third kappa shape index (κ3) is 3.93. The number of carbonyl (C=O) groups excluding carboxylic acids is 1. The van der Waals surface area contributed by atoms with Crippen LogP contribution in [0.2, 0.25) is 0 Å². The number of nitrogens with zero attached hydrogens (tertiary/aromatic N) is 2. The Balaban J connectivity index is 2.00. The zero-order valence-electron chi connectivity index (χ0n) is 11.6. The van der Waals surface area contributed by atoms with Gasteiger partial charge >= 0.3 is 0 Å². The zero-order valence-corrected chi connectivity index (χ0v) is 11.6. The van der Waals surface area contributed by atoms with Gasteiger partial charge in [-0.15, -0.1) is 0 Å². The van der Waals surface area contributed by atoms with Gasteiger partial charge in [0.2, 0.25) is 5.91 Å². The highest BCUT2D eigenvalue weighted by Gasteiger charge is 2.12. The molecule has 1 aromatic heterocycles. The number of amides is 1. The fourth-order valence-electron chi connectivity index (χ4n) is 2.02. The van der Waals surface area contributed by atoms with Gasteiger partial charge in [0, 0.05) is 24.6 Å². The van der Waals surface area contributed by atoms with Crippen molar-refractivity contribution in [1.29, 1.82) is 0 Å². The first-order valence-corrected chi connectivity index (χ1v) is 6.80. The van der Waals surface area contributed by atoms with Gasteiger partial charge in [-0.2, -0.15) is 0 Å². The first-order chi connectivity index (χ1) is 9.69. The number of rotatable bonds is 6. The Hall–Kier alpha value is -2.14. The molecule has 0 aliphatic rings. The number of hydrogen-bond acceptors (Lipinski definition) is 3. The largest absolute Gasteiger partial charge is 0.333 e. The average Bonchev–Trinajstić information content (AvgIpc) is 2.92. The second kappa shape index (κ2) is 6.86. The van der Waals surface area contributed by atoms with Crippen LogP contribution >= 0.6 is 0 Å². The molecule has 1 amide bonds. The molecular weight excluding hydrogens is 252 g/mol. The summed E-state index contributed by atoms with van der Waals surface area (Å²) in [6.07, 6.45) is 7.01. The van der Waals surface area contributed by atoms with Gasteiger partial charge in [-0.3, -0.25) is 4.79 Å². The van der Waals surface area contributed by atoms with Crippen molar-refractivity contribution in [3.8, 4) is 0 Å². The number of carbonyl (C=O) groups is 1. The lowest BCUT2D eigenvalue weighted by Gasteiger charge is -2.12. The Bertz CT molecular complexity index is 551. The summed E-state index contributed by atoms with van der Waals surface area (Å²) in [6, 6.07) is 7.32. The Morgan fingerprint density at radius 3 is 3.05 bits per heavy atom. The monoisotopic (exact) mass is 272 g/mol. The fraction of sp³-hybridized carbons (Fsp3) is 0.333. The average molecular weight is 272 g/mol. The molecule has 2 aromatic rings. The molecule has 0 saturated heterocycles. The van der Waals surface area contributed by atoms with Gasteiger partial charge in [-0.25, -0.2) is 4.98 Å². The second-order valence-electron chi connectivity index (χ2n) is 4.82. The van der Waals surface area contributed by atoms with Crippen molar-refractivity contribution in [2.75, 3.05) is 5.32 Å². The van der Waals surface area contributed by atoms with Crippen molar-refractivity contribution in [2.45, 2.75) is 32.4 Å². The van der Waals surface area contributed by atoms with Crippen molar-refractivity contribution in [2.24, 2.45) is 5.73 Å². The van der Waals surface area contributed by atoms with E-state index >= 15 is 0 Å². The number of benzene rings is 1. The molecule has 3 N–H and O–H groups in total. The second-order valence-corrected chi connectivity index (χ2v) is 4.82. The maximum Gasteiger partial charge on any atom is 0.241 e. The lowest BCUT2D eigenvalue weighted by atomic mass is 10.1. The van der Waals surface area contributed by atoms with E-state index in [2.05, 4.69) is 10.3 Å². The van der Waals surface area contributed by atoms with E-state index < -0.39 is 6.04 Å². The Morgan fingerprint density at radius 2 is 2.35 bits per heavy atom. The highest BCUT2D eigenvalue weighted by Crippen LogP contribution is 2.12. The summed E-state index contributed by atoms with van der Waals surface area (Å²) in [5, 5.41) is 2.86. The minimum atomic E-state index is -0.447. The van der Waals surface area contributed by atoms with E-state index in [4.69, 9.17) is 5.73 Å². The predicted octanol–water partition coefficient (Wildman–Crippen LogP) is 2.00. The van der Waals surface area contributed by atoms with Crippen molar-refractivity contribution >= 4 is 11.6 Å². The Morgan fingerprint density at radius 1 is 1.50 bits per heavy atom. The van der Waals surface area contributed by atoms with Crippen LogP contribution in [0.3, 0.4) is 0 Å². The SMILES string of the molecule is CCCC(N)C(=O)Nc1cccc(Cn2ccnc2)c1. The third-order valence-electron chi connectivity index (χ3n) is 3.06. The lowest BCUT2D eigenvalue weighted by molar-refractivity contribution is -0.117. The molecule has 2 rings (SSSR count). The van der Waals surface area contributed by atoms with Crippen LogP contribution in [0.5, 0.6) is 0 Å². The molecule has 1 unspecified atom stereocenters. The van der Waals surface area contributed by atoms with Gasteiger partial charge in [0.1, 0.15) is 0 Å². The van der Waals surface area contributed by atoms with Crippen LogP contribution in [0, 0.1) is 0 Å². The predicted molar refractivity (Wildman–Crippen MR) is 79.3 cm³/mol. The van der Waals surface area contributed by atoms with E-state index in [1.165, 1.54) is 0 Å². The fourth-order valence-corrected chi connectivity index (χ4v) is 2.02. The summed E-state index contributed by atoms with van der Waals surface area (Å²) in [5.41, 5.74) is 7.68. The molecule has 0 bridgehead atoms. The smallest absolute Gasteiger partial charge is 0.241 e. The maximum absolute atomic E-state index is 11.9. The van der Waals surface area contributed by atoms with Crippen LogP contribution in [0.15, 0.2) is 43.0 Å². The Labute approximate surface area is 118 Å². The molecule has 0 fully saturated rings. The van der Waals surface area contributed by atoms with E-state index in [1.807, 2.05) is 42.0 Å². The van der Waals surface area contributed by atoms with Gasteiger partial charge in [-0.1, -0.05) is 25.5 Å². The molecule has 0 aliphatic carbocycles.